The molecule has 546 valence electrons. The van der Waals surface area contributed by atoms with E-state index in [4.69, 9.17) is 0 Å². The van der Waals surface area contributed by atoms with Crippen LogP contribution in [0.2, 0.25) is 0 Å². The Bertz CT molecular complexity index is 3660. The third-order valence-corrected chi connectivity index (χ3v) is 17.1. The van der Waals surface area contributed by atoms with Crippen LogP contribution in [-0.2, 0) is 14.1 Å². The third kappa shape index (κ3) is 25.0. The number of allylic oxidation sites excluding steroid dienone is 7. The average molecular weight is 1350 g/mol. The maximum absolute atomic E-state index is 12.0. The van der Waals surface area contributed by atoms with Gasteiger partial charge in [0.05, 0.1) is 23.3 Å². The number of aryl methyl sites for hydroxylation is 3. The number of aliphatic imine (C=N–C) groups is 1. The summed E-state index contributed by atoms with van der Waals surface area (Å²) < 4.78 is 8.69. The van der Waals surface area contributed by atoms with Crippen molar-refractivity contribution < 1.29 is 0 Å². The second-order valence-electron chi connectivity index (χ2n) is 30.3. The van der Waals surface area contributed by atoms with Crippen LogP contribution in [-0.4, -0.2) is 65.9 Å². The molecule has 5 aromatic heterocycles. The van der Waals surface area contributed by atoms with Gasteiger partial charge in [-0.05, 0) is 180 Å². The Kier molecular flexibility index (Phi) is 36.1. The van der Waals surface area contributed by atoms with Crippen LogP contribution < -0.4 is 27.8 Å². The summed E-state index contributed by atoms with van der Waals surface area (Å²) in [6, 6.07) is 8.76. The van der Waals surface area contributed by atoms with Gasteiger partial charge >= 0.3 is 0 Å². The first kappa shape index (κ1) is 88.5. The normalized spacial score (nSPS) is 13.2. The molecule has 0 saturated carbocycles. The number of nitrogens with zero attached hydrogens (tertiary/aromatic N) is 11. The Labute approximate surface area is 592 Å². The van der Waals surface area contributed by atoms with E-state index in [1.165, 1.54) is 28.2 Å². The molecule has 0 unspecified atom stereocenters. The molecule has 2 aliphatic rings. The molecule has 98 heavy (non-hydrogen) atoms. The highest BCUT2D eigenvalue weighted by Crippen LogP contribution is 2.30. The van der Waals surface area contributed by atoms with Gasteiger partial charge in [-0.2, -0.15) is 0 Å². The van der Waals surface area contributed by atoms with E-state index in [0.29, 0.717) is 53.3 Å². The van der Waals surface area contributed by atoms with Gasteiger partial charge in [-0.25, -0.2) is 9.97 Å². The molecule has 0 aliphatic carbocycles. The van der Waals surface area contributed by atoms with Gasteiger partial charge < -0.3 is 23.5 Å². The van der Waals surface area contributed by atoms with Crippen molar-refractivity contribution in [3.8, 4) is 0 Å². The van der Waals surface area contributed by atoms with Crippen molar-refractivity contribution in [2.24, 2.45) is 30.9 Å². The van der Waals surface area contributed by atoms with Crippen LogP contribution in [0.1, 0.15) is 324 Å². The van der Waals surface area contributed by atoms with E-state index in [0.717, 1.165) is 56.8 Å². The fourth-order valence-corrected chi connectivity index (χ4v) is 11.8. The zero-order chi connectivity index (χ0) is 76.1. The first-order chi connectivity index (χ1) is 45.1. The summed E-state index contributed by atoms with van der Waals surface area (Å²) >= 11 is 0. The van der Waals surface area contributed by atoms with Crippen molar-refractivity contribution in [3.05, 3.63) is 211 Å². The highest BCUT2D eigenvalue weighted by molar-refractivity contribution is 5.80. The highest BCUT2D eigenvalue weighted by atomic mass is 16.1. The van der Waals surface area contributed by atoms with E-state index in [1.54, 1.807) is 60.5 Å². The standard InChI is InChI=1S/C13H21N.C12H20N2.2C12H19NO.3C11H18N2O/c1-9(2)13-8-7-11(5)14(10(3)4)12(13)6;1-8(2)12-11(6)14(9(3)4)10(5)7-13-12;1-8(2)10-6-11(9(3)4)13(5)12(14)7-10;1-8(2)11-7-13(9(3)4)12(14)6-10(11)5;1-7(2)9-6-10(14)13(5)11(12-9)8(3)4;1-7(2)10-6-12-9(5)13(8(3)4)11(10)14;1-7(2)10-11(14)13(8(3)4)9(5)6-12-10/h7-10H,5H2,1-4,6H3;7-9H,5H2,1-4,6H3;2*6-9H,1-5H3;3*6-8H,1-5H3. The Morgan fingerprint density at radius 2 is 0.949 bits per heavy atom. The summed E-state index contributed by atoms with van der Waals surface area (Å²) in [5.41, 5.74) is 15.5. The molecule has 0 fully saturated rings. The minimum absolute atomic E-state index is 0.0346. The minimum atomic E-state index is 0.0346. The van der Waals surface area contributed by atoms with Crippen molar-refractivity contribution in [3.63, 3.8) is 0 Å². The molecule has 7 heterocycles. The van der Waals surface area contributed by atoms with Crippen LogP contribution in [0.25, 0.3) is 0 Å². The van der Waals surface area contributed by atoms with E-state index in [2.05, 4.69) is 172 Å². The van der Waals surface area contributed by atoms with E-state index < -0.39 is 0 Å². The quantitative estimate of drug-likeness (QED) is 0.104. The van der Waals surface area contributed by atoms with Gasteiger partial charge in [-0.15, -0.1) is 0 Å². The van der Waals surface area contributed by atoms with Crippen LogP contribution in [0.5, 0.6) is 0 Å². The lowest BCUT2D eigenvalue weighted by molar-refractivity contribution is 0.355. The van der Waals surface area contributed by atoms with Crippen LogP contribution >= 0.6 is 0 Å². The van der Waals surface area contributed by atoms with Crippen molar-refractivity contribution in [2.45, 2.75) is 300 Å². The molecule has 0 N–H and O–H groups in total. The zero-order valence-corrected chi connectivity index (χ0v) is 67.7. The van der Waals surface area contributed by atoms with Crippen LogP contribution in [0.3, 0.4) is 0 Å². The molecule has 16 heteroatoms. The summed E-state index contributed by atoms with van der Waals surface area (Å²) in [6.07, 6.45) is 11.6. The van der Waals surface area contributed by atoms with Crippen LogP contribution in [0.4, 0.5) is 0 Å². The van der Waals surface area contributed by atoms with Gasteiger partial charge in [0.1, 0.15) is 17.3 Å². The second-order valence-corrected chi connectivity index (χ2v) is 30.3. The van der Waals surface area contributed by atoms with Gasteiger partial charge in [-0.1, -0.05) is 144 Å². The average Bonchev–Trinajstić information content (AvgIpc) is 0.869. The molecule has 0 bridgehead atoms. The predicted molar refractivity (Wildman–Crippen MR) is 418 cm³/mol. The molecule has 0 atom stereocenters. The minimum Gasteiger partial charge on any atom is -0.343 e. The van der Waals surface area contributed by atoms with Gasteiger partial charge in [0.2, 0.25) is 0 Å². The van der Waals surface area contributed by atoms with E-state index in [9.17, 15) is 24.0 Å². The number of rotatable bonds is 14. The number of pyridine rings is 2. The van der Waals surface area contributed by atoms with Gasteiger partial charge in [0.25, 0.3) is 27.8 Å². The molecular weight excluding hydrogens is 1220 g/mol. The molecule has 0 spiro atoms. The van der Waals surface area contributed by atoms with Crippen molar-refractivity contribution >= 4 is 6.21 Å². The summed E-state index contributed by atoms with van der Waals surface area (Å²) in [6.45, 7) is 76.7. The van der Waals surface area contributed by atoms with Gasteiger partial charge in [-0.3, -0.25) is 43.1 Å². The lowest BCUT2D eigenvalue weighted by Gasteiger charge is -2.35. The summed E-state index contributed by atoms with van der Waals surface area (Å²) in [4.78, 5) is 80.7. The lowest BCUT2D eigenvalue weighted by atomic mass is 9.96. The van der Waals surface area contributed by atoms with E-state index in [1.807, 2.05) is 137 Å². The first-order valence-corrected chi connectivity index (χ1v) is 35.9. The Balaban J connectivity index is 0.000000572. The zero-order valence-electron chi connectivity index (χ0n) is 67.7. The Hall–Kier alpha value is -7.49. The largest absolute Gasteiger partial charge is 0.343 e. The van der Waals surface area contributed by atoms with Gasteiger partial charge in [0.15, 0.2) is 0 Å². The van der Waals surface area contributed by atoms with Crippen molar-refractivity contribution in [1.82, 2.24) is 47.6 Å². The molecule has 0 radical (unpaired) electrons. The molecule has 16 nitrogen and oxygen atoms in total. The number of hydrogen-bond donors (Lipinski definition) is 0. The van der Waals surface area contributed by atoms with E-state index >= 15 is 0 Å². The Morgan fingerprint density at radius 1 is 0.429 bits per heavy atom. The van der Waals surface area contributed by atoms with Crippen molar-refractivity contribution in [2.75, 3.05) is 0 Å². The highest BCUT2D eigenvalue weighted by Gasteiger charge is 2.23. The summed E-state index contributed by atoms with van der Waals surface area (Å²) in [5, 5.41) is 0. The molecule has 0 aromatic carbocycles. The fourth-order valence-electron chi connectivity index (χ4n) is 11.8. The van der Waals surface area contributed by atoms with Crippen LogP contribution in [0.15, 0.2) is 131 Å². The fraction of sp³-hybridized carbons (Fsp3) is 0.598. The maximum Gasteiger partial charge on any atom is 0.272 e. The van der Waals surface area contributed by atoms with Crippen LogP contribution in [0, 0.1) is 32.6 Å². The Morgan fingerprint density at radius 3 is 1.38 bits per heavy atom. The van der Waals surface area contributed by atoms with Crippen molar-refractivity contribution in [1.29, 1.82) is 0 Å². The molecule has 0 saturated heterocycles. The topological polar surface area (TPSA) is 168 Å². The SMILES string of the molecule is C=C1C=CC(C(C)C)=C(C)N1C(C)C.C=C1C=NC(C(C)C)=C(C)N1C(C)C.CC(C)c1cc(=O)n(C)c(C(C)C)n1.CC(C)c1cc(C(C)C)n(C)c(=O)c1.Cc1cc(=O)n(C(C)C)cc1C(C)C.Cc1cnc(C(C)C)c(=O)n1C(C)C.Cc1ncc(C(C)C)c(=O)n1C(C)C. The molecule has 2 aliphatic heterocycles. The molecular formula is C82H133N11O5. The molecule has 5 aromatic rings. The summed E-state index contributed by atoms with van der Waals surface area (Å²) in [5.74, 6) is 5.01. The first-order valence-electron chi connectivity index (χ1n) is 35.9. The maximum atomic E-state index is 12.0. The summed E-state index contributed by atoms with van der Waals surface area (Å²) in [7, 11) is 3.61. The lowest BCUT2D eigenvalue weighted by Crippen LogP contribution is -2.32. The smallest absolute Gasteiger partial charge is 0.272 e. The number of aromatic nitrogens is 8. The second kappa shape index (κ2) is 39.9. The van der Waals surface area contributed by atoms with E-state index in [-0.39, 0.29) is 63.7 Å². The predicted octanol–water partition coefficient (Wildman–Crippen LogP) is 18.9. The van der Waals surface area contributed by atoms with Gasteiger partial charge in [0, 0.05) is 127 Å². The molecule has 7 rings (SSSR count). The third-order valence-electron chi connectivity index (χ3n) is 17.1. The monoisotopic (exact) mass is 1350 g/mol. The molecule has 0 amide bonds. The number of hydrogen-bond acceptors (Lipinski definition) is 11.